The number of rotatable bonds is 2. The lowest BCUT2D eigenvalue weighted by molar-refractivity contribution is 0.833. The van der Waals surface area contributed by atoms with Gasteiger partial charge in [-0.05, 0) is 31.0 Å². The summed E-state index contributed by atoms with van der Waals surface area (Å²) in [7, 11) is 0. The van der Waals surface area contributed by atoms with Crippen molar-refractivity contribution in [3.05, 3.63) is 41.2 Å². The van der Waals surface area contributed by atoms with Crippen molar-refractivity contribution >= 4 is 33.2 Å². The highest BCUT2D eigenvalue weighted by Gasteiger charge is 2.27. The van der Waals surface area contributed by atoms with Crippen LogP contribution in [-0.4, -0.2) is 14.8 Å². The first-order valence-corrected chi connectivity index (χ1v) is 7.12. The summed E-state index contributed by atoms with van der Waals surface area (Å²) in [5.74, 6) is 0.609. The maximum Gasteiger partial charge on any atom is 0.212 e. The van der Waals surface area contributed by atoms with Crippen LogP contribution in [0.2, 0.25) is 5.15 Å². The standard InChI is InChI=1S/C13H10ClN3S/c14-12-7-10(8-5-6-8)16-17(12)13-15-9-3-1-2-4-11(9)18-13/h1-4,7-8H,5-6H2. The average molecular weight is 276 g/mol. The minimum atomic E-state index is 0.609. The normalized spacial score (nSPS) is 15.4. The molecule has 4 rings (SSSR count). The van der Waals surface area contributed by atoms with E-state index < -0.39 is 0 Å². The minimum absolute atomic E-state index is 0.609. The van der Waals surface area contributed by atoms with Gasteiger partial charge in [0.1, 0.15) is 5.15 Å². The summed E-state index contributed by atoms with van der Waals surface area (Å²) in [6, 6.07) is 10.0. The van der Waals surface area contributed by atoms with Crippen molar-refractivity contribution in [3.8, 4) is 5.13 Å². The van der Waals surface area contributed by atoms with E-state index in [0.29, 0.717) is 11.1 Å². The van der Waals surface area contributed by atoms with E-state index in [1.54, 1.807) is 16.0 Å². The molecule has 2 aromatic heterocycles. The van der Waals surface area contributed by atoms with Crippen LogP contribution in [0.15, 0.2) is 30.3 Å². The van der Waals surface area contributed by atoms with E-state index in [0.717, 1.165) is 21.0 Å². The minimum Gasteiger partial charge on any atom is -0.218 e. The van der Waals surface area contributed by atoms with Crippen LogP contribution < -0.4 is 0 Å². The SMILES string of the molecule is Clc1cc(C2CC2)nn1-c1nc2ccccc2s1. The van der Waals surface area contributed by atoms with Gasteiger partial charge in [-0.2, -0.15) is 9.78 Å². The predicted molar refractivity (Wildman–Crippen MR) is 73.7 cm³/mol. The summed E-state index contributed by atoms with van der Waals surface area (Å²) >= 11 is 7.86. The second-order valence-corrected chi connectivity index (χ2v) is 5.94. The van der Waals surface area contributed by atoms with Gasteiger partial charge in [0.2, 0.25) is 5.13 Å². The molecule has 1 aliphatic carbocycles. The molecule has 0 radical (unpaired) electrons. The van der Waals surface area contributed by atoms with Gasteiger partial charge in [0, 0.05) is 5.92 Å². The van der Waals surface area contributed by atoms with Gasteiger partial charge in [-0.25, -0.2) is 4.98 Å². The molecule has 90 valence electrons. The summed E-state index contributed by atoms with van der Waals surface area (Å²) in [6.45, 7) is 0. The van der Waals surface area contributed by atoms with Crippen LogP contribution in [-0.2, 0) is 0 Å². The van der Waals surface area contributed by atoms with Gasteiger partial charge >= 0.3 is 0 Å². The molecule has 0 amide bonds. The van der Waals surface area contributed by atoms with Gasteiger partial charge in [-0.1, -0.05) is 35.1 Å². The molecule has 1 aliphatic rings. The number of aromatic nitrogens is 3. The largest absolute Gasteiger partial charge is 0.218 e. The second-order valence-electron chi connectivity index (χ2n) is 4.54. The molecule has 0 bridgehead atoms. The van der Waals surface area contributed by atoms with Crippen LogP contribution in [0.4, 0.5) is 0 Å². The Morgan fingerprint density at radius 3 is 2.89 bits per heavy atom. The number of thiazole rings is 1. The highest BCUT2D eigenvalue weighted by molar-refractivity contribution is 7.20. The lowest BCUT2D eigenvalue weighted by Crippen LogP contribution is -1.96. The Balaban J connectivity index is 1.85. The molecule has 0 atom stereocenters. The molecule has 3 aromatic rings. The summed E-state index contributed by atoms with van der Waals surface area (Å²) in [6.07, 6.45) is 2.46. The smallest absolute Gasteiger partial charge is 0.212 e. The summed E-state index contributed by atoms with van der Waals surface area (Å²) in [5, 5.41) is 6.06. The van der Waals surface area contributed by atoms with Crippen molar-refractivity contribution in [1.29, 1.82) is 0 Å². The maximum absolute atomic E-state index is 6.25. The van der Waals surface area contributed by atoms with E-state index in [4.69, 9.17) is 11.6 Å². The molecule has 2 heterocycles. The Morgan fingerprint density at radius 1 is 1.28 bits per heavy atom. The van der Waals surface area contributed by atoms with E-state index in [-0.39, 0.29) is 0 Å². The van der Waals surface area contributed by atoms with E-state index in [1.165, 1.54) is 12.8 Å². The van der Waals surface area contributed by atoms with Crippen LogP contribution in [0.5, 0.6) is 0 Å². The fourth-order valence-electron chi connectivity index (χ4n) is 2.04. The van der Waals surface area contributed by atoms with Gasteiger partial charge in [-0.15, -0.1) is 0 Å². The summed E-state index contributed by atoms with van der Waals surface area (Å²) < 4.78 is 2.91. The molecule has 3 nitrogen and oxygen atoms in total. The highest BCUT2D eigenvalue weighted by Crippen LogP contribution is 2.40. The lowest BCUT2D eigenvalue weighted by atomic mass is 10.3. The molecule has 5 heteroatoms. The Bertz CT molecular complexity index is 694. The highest BCUT2D eigenvalue weighted by atomic mass is 35.5. The number of fused-ring (bicyclic) bond motifs is 1. The zero-order chi connectivity index (χ0) is 12.1. The summed E-state index contributed by atoms with van der Waals surface area (Å²) in [5.41, 5.74) is 2.09. The molecule has 0 aliphatic heterocycles. The zero-order valence-electron chi connectivity index (χ0n) is 9.51. The lowest BCUT2D eigenvalue weighted by Gasteiger charge is -1.95. The third kappa shape index (κ3) is 1.64. The van der Waals surface area contributed by atoms with E-state index in [1.807, 2.05) is 24.3 Å². The van der Waals surface area contributed by atoms with Gasteiger partial charge < -0.3 is 0 Å². The van der Waals surface area contributed by atoms with Crippen molar-refractivity contribution < 1.29 is 0 Å². The number of halogens is 1. The first-order valence-electron chi connectivity index (χ1n) is 5.93. The Labute approximate surface area is 113 Å². The molecule has 1 aromatic carbocycles. The Hall–Kier alpha value is -1.39. The molecule has 0 saturated heterocycles. The van der Waals surface area contributed by atoms with Crippen LogP contribution >= 0.6 is 22.9 Å². The molecule has 1 fully saturated rings. The predicted octanol–water partition coefficient (Wildman–Crippen LogP) is 4.01. The fourth-order valence-corrected chi connectivity index (χ4v) is 3.25. The molecule has 18 heavy (non-hydrogen) atoms. The second kappa shape index (κ2) is 3.80. The average Bonchev–Trinajstić information content (AvgIpc) is 3.01. The number of nitrogens with zero attached hydrogens (tertiary/aromatic N) is 3. The monoisotopic (exact) mass is 275 g/mol. The van der Waals surface area contributed by atoms with Gasteiger partial charge in [-0.3, -0.25) is 0 Å². The quantitative estimate of drug-likeness (QED) is 0.707. The summed E-state index contributed by atoms with van der Waals surface area (Å²) in [4.78, 5) is 4.57. The topological polar surface area (TPSA) is 30.7 Å². The third-order valence-electron chi connectivity index (χ3n) is 3.14. The van der Waals surface area contributed by atoms with Crippen molar-refractivity contribution in [1.82, 2.24) is 14.8 Å². The van der Waals surface area contributed by atoms with E-state index in [9.17, 15) is 0 Å². The van der Waals surface area contributed by atoms with Crippen LogP contribution in [0.3, 0.4) is 0 Å². The van der Waals surface area contributed by atoms with Crippen LogP contribution in [0.25, 0.3) is 15.3 Å². The zero-order valence-corrected chi connectivity index (χ0v) is 11.1. The fraction of sp³-hybridized carbons (Fsp3) is 0.231. The van der Waals surface area contributed by atoms with Crippen molar-refractivity contribution in [3.63, 3.8) is 0 Å². The molecule has 1 saturated carbocycles. The third-order valence-corrected chi connectivity index (χ3v) is 4.43. The molecule has 0 N–H and O–H groups in total. The van der Waals surface area contributed by atoms with Gasteiger partial charge in [0.05, 0.1) is 15.9 Å². The van der Waals surface area contributed by atoms with Crippen molar-refractivity contribution in [2.45, 2.75) is 18.8 Å². The molecular formula is C13H10ClN3S. The number of para-hydroxylation sites is 1. The first kappa shape index (κ1) is 10.5. The number of hydrogen-bond donors (Lipinski definition) is 0. The van der Waals surface area contributed by atoms with Crippen LogP contribution in [0.1, 0.15) is 24.5 Å². The van der Waals surface area contributed by atoms with Gasteiger partial charge in [0.25, 0.3) is 0 Å². The van der Waals surface area contributed by atoms with Crippen molar-refractivity contribution in [2.24, 2.45) is 0 Å². The van der Waals surface area contributed by atoms with Crippen LogP contribution in [0, 0.1) is 0 Å². The van der Waals surface area contributed by atoms with E-state index in [2.05, 4.69) is 16.1 Å². The van der Waals surface area contributed by atoms with Gasteiger partial charge in [0.15, 0.2) is 0 Å². The molecule has 0 spiro atoms. The van der Waals surface area contributed by atoms with Crippen molar-refractivity contribution in [2.75, 3.05) is 0 Å². The maximum atomic E-state index is 6.25. The molecular weight excluding hydrogens is 266 g/mol. The first-order chi connectivity index (χ1) is 8.81. The van der Waals surface area contributed by atoms with E-state index >= 15 is 0 Å². The Morgan fingerprint density at radius 2 is 2.11 bits per heavy atom. The number of hydrogen-bond acceptors (Lipinski definition) is 3. The molecule has 0 unspecified atom stereocenters. The Kier molecular flexibility index (Phi) is 2.22. The number of benzene rings is 1.